The highest BCUT2D eigenvalue weighted by atomic mass is 16.5. The number of nitrogens with zero attached hydrogens (tertiary/aromatic N) is 3. The molecule has 0 aliphatic carbocycles. The second-order valence-corrected chi connectivity index (χ2v) is 6.67. The highest BCUT2D eigenvalue weighted by Gasteiger charge is 2.14. The maximum Gasteiger partial charge on any atom is 0.128 e. The second kappa shape index (κ2) is 7.76. The van der Waals surface area contributed by atoms with Crippen molar-refractivity contribution >= 4 is 11.6 Å². The topological polar surface area (TPSA) is 64.3 Å². The van der Waals surface area contributed by atoms with Crippen LogP contribution in [-0.2, 0) is 11.2 Å². The molecule has 5 nitrogen and oxygen atoms in total. The van der Waals surface area contributed by atoms with Gasteiger partial charge in [-0.3, -0.25) is 0 Å². The Bertz CT molecular complexity index is 918. The van der Waals surface area contributed by atoms with Crippen LogP contribution in [0.25, 0.3) is 22.3 Å². The van der Waals surface area contributed by atoms with Crippen LogP contribution in [0.4, 0.5) is 11.6 Å². The molecule has 1 aliphatic rings. The fourth-order valence-electron chi connectivity index (χ4n) is 3.46. The molecule has 3 aromatic rings. The van der Waals surface area contributed by atoms with E-state index in [0.717, 1.165) is 66.4 Å². The molecule has 1 fully saturated rings. The highest BCUT2D eigenvalue weighted by Crippen LogP contribution is 2.33. The van der Waals surface area contributed by atoms with Gasteiger partial charge in [-0.05, 0) is 41.3 Å². The normalized spacial score (nSPS) is 14.3. The van der Waals surface area contributed by atoms with Crippen LogP contribution in [-0.4, -0.2) is 36.3 Å². The molecule has 0 saturated carbocycles. The number of hydrogen-bond acceptors (Lipinski definition) is 5. The minimum Gasteiger partial charge on any atom is -0.383 e. The molecule has 0 unspecified atom stereocenters. The predicted octanol–water partition coefficient (Wildman–Crippen LogP) is 3.79. The molecule has 0 bridgehead atoms. The Labute approximate surface area is 159 Å². The Hall–Kier alpha value is -2.92. The summed E-state index contributed by atoms with van der Waals surface area (Å²) in [6.45, 7) is 5.39. The van der Waals surface area contributed by atoms with Crippen LogP contribution >= 0.6 is 0 Å². The lowest BCUT2D eigenvalue weighted by Gasteiger charge is -2.27. The number of aromatic nitrogens is 2. The van der Waals surface area contributed by atoms with Gasteiger partial charge in [-0.2, -0.15) is 0 Å². The van der Waals surface area contributed by atoms with Gasteiger partial charge in [0.1, 0.15) is 11.6 Å². The highest BCUT2D eigenvalue weighted by molar-refractivity contribution is 5.83. The van der Waals surface area contributed by atoms with Crippen LogP contribution in [0.1, 0.15) is 12.5 Å². The van der Waals surface area contributed by atoms with Gasteiger partial charge in [0.05, 0.1) is 13.2 Å². The number of morpholine rings is 1. The lowest BCUT2D eigenvalue weighted by atomic mass is 9.95. The van der Waals surface area contributed by atoms with Crippen LogP contribution in [0, 0.1) is 0 Å². The maximum absolute atomic E-state index is 5.98. The van der Waals surface area contributed by atoms with E-state index in [1.54, 1.807) is 0 Å². The number of nitrogen functional groups attached to an aromatic ring is 1. The first-order valence-corrected chi connectivity index (χ1v) is 9.39. The summed E-state index contributed by atoms with van der Waals surface area (Å²) >= 11 is 0. The Morgan fingerprint density at radius 1 is 0.963 bits per heavy atom. The third kappa shape index (κ3) is 3.64. The minimum absolute atomic E-state index is 0.607. The molecule has 2 N–H and O–H groups in total. The van der Waals surface area contributed by atoms with E-state index in [-0.39, 0.29) is 0 Å². The van der Waals surface area contributed by atoms with Gasteiger partial charge in [-0.1, -0.05) is 31.2 Å². The van der Waals surface area contributed by atoms with E-state index >= 15 is 0 Å². The third-order valence-electron chi connectivity index (χ3n) is 5.01. The molecule has 1 aromatic carbocycles. The monoisotopic (exact) mass is 360 g/mol. The van der Waals surface area contributed by atoms with Crippen LogP contribution in [0.3, 0.4) is 0 Å². The molecule has 0 amide bonds. The zero-order valence-electron chi connectivity index (χ0n) is 15.6. The molecule has 3 heterocycles. The summed E-state index contributed by atoms with van der Waals surface area (Å²) in [5, 5.41) is 0. The number of benzene rings is 1. The van der Waals surface area contributed by atoms with Crippen molar-refractivity contribution in [2.24, 2.45) is 0 Å². The van der Waals surface area contributed by atoms with Gasteiger partial charge in [-0.15, -0.1) is 0 Å². The second-order valence-electron chi connectivity index (χ2n) is 6.67. The summed E-state index contributed by atoms with van der Waals surface area (Å²) < 4.78 is 5.42. The van der Waals surface area contributed by atoms with E-state index in [0.29, 0.717) is 5.82 Å². The number of pyridine rings is 2. The number of anilines is 2. The summed E-state index contributed by atoms with van der Waals surface area (Å²) in [5.41, 5.74) is 11.5. The van der Waals surface area contributed by atoms with E-state index in [9.17, 15) is 0 Å². The van der Waals surface area contributed by atoms with Crippen LogP contribution in [0.5, 0.6) is 0 Å². The predicted molar refractivity (Wildman–Crippen MR) is 110 cm³/mol. The summed E-state index contributed by atoms with van der Waals surface area (Å²) in [6, 6.07) is 14.7. The smallest absolute Gasteiger partial charge is 0.128 e. The van der Waals surface area contributed by atoms with Crippen LogP contribution in [0.15, 0.2) is 54.9 Å². The number of aryl methyl sites for hydroxylation is 1. The van der Waals surface area contributed by atoms with Crippen molar-refractivity contribution in [3.05, 3.63) is 60.4 Å². The lowest BCUT2D eigenvalue weighted by Crippen LogP contribution is -2.36. The molecule has 0 spiro atoms. The van der Waals surface area contributed by atoms with Gasteiger partial charge in [0.25, 0.3) is 0 Å². The van der Waals surface area contributed by atoms with Crippen LogP contribution in [0.2, 0.25) is 0 Å². The summed E-state index contributed by atoms with van der Waals surface area (Å²) in [6.07, 6.45) is 4.67. The average molecular weight is 360 g/mol. The first-order chi connectivity index (χ1) is 13.3. The first kappa shape index (κ1) is 17.5. The van der Waals surface area contributed by atoms with Gasteiger partial charge < -0.3 is 15.4 Å². The van der Waals surface area contributed by atoms with E-state index < -0.39 is 0 Å². The van der Waals surface area contributed by atoms with Crippen molar-refractivity contribution in [1.82, 2.24) is 9.97 Å². The number of ether oxygens (including phenoxy) is 1. The van der Waals surface area contributed by atoms with Crippen LogP contribution < -0.4 is 10.6 Å². The van der Waals surface area contributed by atoms with E-state index in [1.807, 2.05) is 12.4 Å². The molecule has 1 saturated heterocycles. The molecule has 27 heavy (non-hydrogen) atoms. The number of rotatable bonds is 4. The number of nitrogens with two attached hydrogens (primary N) is 1. The molecule has 5 heteroatoms. The van der Waals surface area contributed by atoms with Crippen molar-refractivity contribution in [2.45, 2.75) is 13.3 Å². The molecule has 138 valence electrons. The Kier molecular flexibility index (Phi) is 5.03. The van der Waals surface area contributed by atoms with Crippen molar-refractivity contribution in [3.8, 4) is 22.3 Å². The molecule has 2 aromatic heterocycles. The standard InChI is InChI=1S/C22H24N4O/c1-2-16-13-18(15-25-22(16)23)20-6-4-3-5-19(20)17-7-8-21(24-14-17)26-9-11-27-12-10-26/h3-8,13-15H,2,9-12H2,1H3,(H2,23,25). The van der Waals surface area contributed by atoms with Crippen molar-refractivity contribution in [1.29, 1.82) is 0 Å². The first-order valence-electron chi connectivity index (χ1n) is 9.39. The van der Waals surface area contributed by atoms with Gasteiger partial charge in [0.15, 0.2) is 0 Å². The Morgan fingerprint density at radius 2 is 1.67 bits per heavy atom. The quantitative estimate of drug-likeness (QED) is 0.767. The molecule has 4 rings (SSSR count). The summed E-state index contributed by atoms with van der Waals surface area (Å²) in [5.74, 6) is 1.61. The van der Waals surface area contributed by atoms with Crippen molar-refractivity contribution in [2.75, 3.05) is 36.9 Å². The van der Waals surface area contributed by atoms with Gasteiger partial charge in [0.2, 0.25) is 0 Å². The maximum atomic E-state index is 5.98. The largest absolute Gasteiger partial charge is 0.383 e. The fourth-order valence-corrected chi connectivity index (χ4v) is 3.46. The van der Waals surface area contributed by atoms with E-state index in [1.165, 1.54) is 0 Å². The Morgan fingerprint density at radius 3 is 2.33 bits per heavy atom. The van der Waals surface area contributed by atoms with Gasteiger partial charge >= 0.3 is 0 Å². The van der Waals surface area contributed by atoms with Crippen molar-refractivity contribution < 1.29 is 4.74 Å². The van der Waals surface area contributed by atoms with E-state index in [2.05, 4.69) is 59.3 Å². The fraction of sp³-hybridized carbons (Fsp3) is 0.273. The Balaban J connectivity index is 1.68. The molecule has 1 aliphatic heterocycles. The zero-order valence-corrected chi connectivity index (χ0v) is 15.6. The summed E-state index contributed by atoms with van der Waals surface area (Å²) in [7, 11) is 0. The summed E-state index contributed by atoms with van der Waals surface area (Å²) in [4.78, 5) is 11.3. The lowest BCUT2D eigenvalue weighted by molar-refractivity contribution is 0.122. The molecular weight excluding hydrogens is 336 g/mol. The number of hydrogen-bond donors (Lipinski definition) is 1. The van der Waals surface area contributed by atoms with Crippen molar-refractivity contribution in [3.63, 3.8) is 0 Å². The molecule has 0 atom stereocenters. The third-order valence-corrected chi connectivity index (χ3v) is 5.01. The van der Waals surface area contributed by atoms with Gasteiger partial charge in [-0.25, -0.2) is 9.97 Å². The van der Waals surface area contributed by atoms with E-state index in [4.69, 9.17) is 15.5 Å². The molecular formula is C22H24N4O. The zero-order chi connectivity index (χ0) is 18.6. The van der Waals surface area contributed by atoms with Gasteiger partial charge in [0, 0.05) is 36.6 Å². The molecule has 0 radical (unpaired) electrons. The average Bonchev–Trinajstić information content (AvgIpc) is 2.75. The SMILES string of the molecule is CCc1cc(-c2ccccc2-c2ccc(N3CCOCC3)nc2)cnc1N. The minimum atomic E-state index is 0.607.